The van der Waals surface area contributed by atoms with E-state index in [-0.39, 0.29) is 10.0 Å². The second kappa shape index (κ2) is 4.32. The number of hydrogen-bond acceptors (Lipinski definition) is 3. The van der Waals surface area contributed by atoms with Crippen molar-refractivity contribution in [3.8, 4) is 0 Å². The summed E-state index contributed by atoms with van der Waals surface area (Å²) in [4.78, 5) is 22.0. The molecule has 0 spiro atoms. The number of rotatable bonds is 2. The molecule has 0 aromatic heterocycles. The zero-order chi connectivity index (χ0) is 10.7. The first-order chi connectivity index (χ1) is 6.56. The van der Waals surface area contributed by atoms with Crippen LogP contribution in [0, 0.1) is 5.82 Å². The Morgan fingerprint density at radius 3 is 2.57 bits per heavy atom. The molecule has 0 amide bonds. The second-order valence-electron chi connectivity index (χ2n) is 2.45. The van der Waals surface area contributed by atoms with Crippen molar-refractivity contribution in [1.82, 2.24) is 0 Å². The summed E-state index contributed by atoms with van der Waals surface area (Å²) >= 11 is 2.93. The fourth-order valence-corrected chi connectivity index (χ4v) is 1.09. The van der Waals surface area contributed by atoms with Crippen LogP contribution in [0.4, 0.5) is 4.39 Å². The molecule has 0 fully saturated rings. The molecule has 0 unspecified atom stereocenters. The summed E-state index contributed by atoms with van der Waals surface area (Å²) < 4.78 is 17.4. The Kier molecular flexibility index (Phi) is 3.35. The average molecular weight is 261 g/mol. The van der Waals surface area contributed by atoms with Gasteiger partial charge in [-0.3, -0.25) is 4.79 Å². The smallest absolute Gasteiger partial charge is 0.379 e. The Labute approximate surface area is 88.0 Å². The van der Waals surface area contributed by atoms with E-state index in [9.17, 15) is 14.0 Å². The molecule has 5 heteroatoms. The third-order valence-corrected chi connectivity index (χ3v) is 2.20. The Balaban J connectivity index is 3.03. The Morgan fingerprint density at radius 2 is 2.07 bits per heavy atom. The van der Waals surface area contributed by atoms with Crippen LogP contribution in [0.1, 0.15) is 10.4 Å². The van der Waals surface area contributed by atoms with E-state index in [1.54, 1.807) is 0 Å². The fourth-order valence-electron chi connectivity index (χ4n) is 0.848. The Bertz CT molecular complexity index is 390. The molecule has 0 radical (unpaired) electrons. The van der Waals surface area contributed by atoms with Gasteiger partial charge >= 0.3 is 5.97 Å². The van der Waals surface area contributed by atoms with Crippen LogP contribution in [-0.4, -0.2) is 18.9 Å². The molecule has 1 aromatic rings. The van der Waals surface area contributed by atoms with Crippen LogP contribution in [0.3, 0.4) is 0 Å². The lowest BCUT2D eigenvalue weighted by Crippen LogP contribution is -2.15. The summed E-state index contributed by atoms with van der Waals surface area (Å²) in [5.41, 5.74) is -0.0300. The lowest BCUT2D eigenvalue weighted by molar-refractivity contribution is -0.135. The van der Waals surface area contributed by atoms with Crippen LogP contribution in [0.25, 0.3) is 0 Å². The number of halogens is 2. The number of carbonyl (C=O) groups is 2. The zero-order valence-corrected chi connectivity index (χ0v) is 8.80. The highest BCUT2D eigenvalue weighted by molar-refractivity contribution is 9.10. The van der Waals surface area contributed by atoms with Gasteiger partial charge in [0.15, 0.2) is 0 Å². The van der Waals surface area contributed by atoms with Crippen LogP contribution < -0.4 is 0 Å². The van der Waals surface area contributed by atoms with E-state index in [0.29, 0.717) is 0 Å². The molecule has 0 aliphatic carbocycles. The topological polar surface area (TPSA) is 43.4 Å². The quantitative estimate of drug-likeness (QED) is 0.464. The molecule has 3 nitrogen and oxygen atoms in total. The van der Waals surface area contributed by atoms with Gasteiger partial charge in [-0.1, -0.05) is 0 Å². The maximum atomic E-state index is 13.0. The van der Waals surface area contributed by atoms with Crippen molar-refractivity contribution in [2.45, 2.75) is 0 Å². The SMILES string of the molecule is COC(=O)C(=O)c1ccc(Br)c(F)c1. The summed E-state index contributed by atoms with van der Waals surface area (Å²) in [6.07, 6.45) is 0. The standard InChI is InChI=1S/C9H6BrFO3/c1-14-9(13)8(12)5-2-3-6(10)7(11)4-5/h2-4H,1H3. The molecule has 0 bridgehead atoms. The van der Waals surface area contributed by atoms with Gasteiger partial charge in [0.2, 0.25) is 0 Å². The maximum Gasteiger partial charge on any atom is 0.379 e. The number of ketones is 1. The van der Waals surface area contributed by atoms with Crippen molar-refractivity contribution in [1.29, 1.82) is 0 Å². The highest BCUT2D eigenvalue weighted by Crippen LogP contribution is 2.16. The minimum atomic E-state index is -1.01. The number of hydrogen-bond donors (Lipinski definition) is 0. The van der Waals surface area contributed by atoms with E-state index in [1.165, 1.54) is 12.1 Å². The van der Waals surface area contributed by atoms with E-state index in [0.717, 1.165) is 13.2 Å². The lowest BCUT2D eigenvalue weighted by Gasteiger charge is -1.99. The van der Waals surface area contributed by atoms with Crippen molar-refractivity contribution in [3.05, 3.63) is 34.1 Å². The Hall–Kier alpha value is -1.23. The first-order valence-electron chi connectivity index (χ1n) is 3.64. The highest BCUT2D eigenvalue weighted by Gasteiger charge is 2.17. The van der Waals surface area contributed by atoms with Gasteiger partial charge in [-0.15, -0.1) is 0 Å². The summed E-state index contributed by atoms with van der Waals surface area (Å²) in [6, 6.07) is 3.67. The molecule has 0 heterocycles. The van der Waals surface area contributed by atoms with E-state index >= 15 is 0 Å². The van der Waals surface area contributed by atoms with Gasteiger partial charge in [-0.05, 0) is 34.1 Å². The van der Waals surface area contributed by atoms with Gasteiger partial charge in [-0.25, -0.2) is 9.18 Å². The molecule has 0 saturated carbocycles. The van der Waals surface area contributed by atoms with Crippen LogP contribution in [0.2, 0.25) is 0 Å². The highest BCUT2D eigenvalue weighted by atomic mass is 79.9. The minimum absolute atomic E-state index is 0.0300. The van der Waals surface area contributed by atoms with Crippen LogP contribution >= 0.6 is 15.9 Å². The largest absolute Gasteiger partial charge is 0.463 e. The molecule has 1 rings (SSSR count). The molecule has 0 saturated heterocycles. The number of methoxy groups -OCH3 is 1. The van der Waals surface area contributed by atoms with Crippen LogP contribution in [-0.2, 0) is 9.53 Å². The van der Waals surface area contributed by atoms with Crippen molar-refractivity contribution in [2.24, 2.45) is 0 Å². The lowest BCUT2D eigenvalue weighted by atomic mass is 10.1. The van der Waals surface area contributed by atoms with Gasteiger partial charge in [0.25, 0.3) is 5.78 Å². The fraction of sp³-hybridized carbons (Fsp3) is 0.111. The summed E-state index contributed by atoms with van der Waals surface area (Å²) in [7, 11) is 1.09. The molecular formula is C9H6BrFO3. The predicted octanol–water partition coefficient (Wildman–Crippen LogP) is 1.94. The Morgan fingerprint density at radius 1 is 1.43 bits per heavy atom. The number of carbonyl (C=O) groups excluding carboxylic acids is 2. The normalized spacial score (nSPS) is 9.64. The summed E-state index contributed by atoms with van der Waals surface area (Å²) in [5, 5.41) is 0. The van der Waals surface area contributed by atoms with E-state index in [4.69, 9.17) is 0 Å². The molecule has 0 aliphatic heterocycles. The summed E-state index contributed by atoms with van der Waals surface area (Å²) in [6.45, 7) is 0. The molecule has 1 aromatic carbocycles. The second-order valence-corrected chi connectivity index (χ2v) is 3.30. The number of esters is 1. The van der Waals surface area contributed by atoms with Crippen molar-refractivity contribution in [3.63, 3.8) is 0 Å². The third kappa shape index (κ3) is 2.17. The molecule has 0 atom stereocenters. The maximum absolute atomic E-state index is 13.0. The van der Waals surface area contributed by atoms with E-state index in [1.807, 2.05) is 0 Å². The molecule has 0 aliphatic rings. The van der Waals surface area contributed by atoms with Gasteiger partial charge in [0, 0.05) is 5.56 Å². The van der Waals surface area contributed by atoms with Gasteiger partial charge in [0.1, 0.15) is 5.82 Å². The van der Waals surface area contributed by atoms with Crippen molar-refractivity contribution >= 4 is 27.7 Å². The summed E-state index contributed by atoms with van der Waals surface area (Å²) in [5.74, 6) is -2.47. The minimum Gasteiger partial charge on any atom is -0.463 e. The first-order valence-corrected chi connectivity index (χ1v) is 4.43. The van der Waals surface area contributed by atoms with Crippen molar-refractivity contribution in [2.75, 3.05) is 7.11 Å². The first kappa shape index (κ1) is 10.8. The molecule has 0 N–H and O–H groups in total. The zero-order valence-electron chi connectivity index (χ0n) is 7.21. The molecule has 74 valence electrons. The number of Topliss-reactive ketones (excluding diaryl/α,β-unsaturated/α-hetero) is 1. The third-order valence-electron chi connectivity index (χ3n) is 1.55. The molecular weight excluding hydrogens is 255 g/mol. The monoisotopic (exact) mass is 260 g/mol. The van der Waals surface area contributed by atoms with E-state index < -0.39 is 17.6 Å². The number of benzene rings is 1. The molecule has 14 heavy (non-hydrogen) atoms. The average Bonchev–Trinajstić information content (AvgIpc) is 2.20. The van der Waals surface area contributed by atoms with Gasteiger partial charge in [-0.2, -0.15) is 0 Å². The van der Waals surface area contributed by atoms with Crippen molar-refractivity contribution < 1.29 is 18.7 Å². The van der Waals surface area contributed by atoms with Gasteiger partial charge < -0.3 is 4.74 Å². The van der Waals surface area contributed by atoms with Gasteiger partial charge in [0.05, 0.1) is 11.6 Å². The van der Waals surface area contributed by atoms with E-state index in [2.05, 4.69) is 20.7 Å². The number of ether oxygens (including phenoxy) is 1. The predicted molar refractivity (Wildman–Crippen MR) is 50.4 cm³/mol. The van der Waals surface area contributed by atoms with Crippen LogP contribution in [0.15, 0.2) is 22.7 Å². The van der Waals surface area contributed by atoms with Crippen LogP contribution in [0.5, 0.6) is 0 Å².